The Bertz CT molecular complexity index is 1000. The van der Waals surface area contributed by atoms with Crippen LogP contribution in [0.4, 0.5) is 0 Å². The summed E-state index contributed by atoms with van der Waals surface area (Å²) in [6, 6.07) is 15.0. The van der Waals surface area contributed by atoms with Crippen molar-refractivity contribution in [1.29, 1.82) is 0 Å². The molecular formula is C22H23N3O3S. The van der Waals surface area contributed by atoms with Gasteiger partial charge in [-0.3, -0.25) is 9.59 Å². The van der Waals surface area contributed by atoms with Crippen molar-refractivity contribution in [2.75, 3.05) is 26.7 Å². The van der Waals surface area contributed by atoms with E-state index < -0.39 is 0 Å². The summed E-state index contributed by atoms with van der Waals surface area (Å²) >= 11 is 1.71. The van der Waals surface area contributed by atoms with Crippen molar-refractivity contribution >= 4 is 33.4 Å². The lowest BCUT2D eigenvalue weighted by molar-refractivity contribution is -0.131. The van der Waals surface area contributed by atoms with Gasteiger partial charge in [-0.05, 0) is 43.2 Å². The van der Waals surface area contributed by atoms with Crippen LogP contribution in [0.3, 0.4) is 0 Å². The maximum atomic E-state index is 12.7. The lowest BCUT2D eigenvalue weighted by Gasteiger charge is -2.32. The van der Waals surface area contributed by atoms with Crippen LogP contribution in [0.1, 0.15) is 34.1 Å². The molecule has 0 aliphatic carbocycles. The average Bonchev–Trinajstić information content (AvgIpc) is 3.22. The van der Waals surface area contributed by atoms with Crippen LogP contribution >= 0.6 is 11.3 Å². The summed E-state index contributed by atoms with van der Waals surface area (Å²) in [6.45, 7) is 1.35. The Morgan fingerprint density at radius 2 is 2.10 bits per heavy atom. The minimum atomic E-state index is -0.281. The molecule has 0 radical (unpaired) electrons. The van der Waals surface area contributed by atoms with E-state index in [-0.39, 0.29) is 24.3 Å². The fraction of sp³-hybridized carbons (Fsp3) is 0.318. The topological polar surface area (TPSA) is 71.5 Å². The number of aromatic nitrogens is 1. The highest BCUT2D eigenvalue weighted by atomic mass is 32.1. The van der Waals surface area contributed by atoms with E-state index in [0.29, 0.717) is 17.9 Å². The smallest absolute Gasteiger partial charge is 0.251 e. The Morgan fingerprint density at radius 1 is 1.24 bits per heavy atom. The Hall–Kier alpha value is -2.93. The second kappa shape index (κ2) is 8.61. The standard InChI is InChI=1S/C22H23N3O3S/c1-28-17-8-4-6-15(12-17)21(27)23-13-20(26)25-11-5-7-16(14-25)22-24-18-9-2-3-10-19(18)29-22/h2-4,6,8-10,12,16H,5,7,11,13-14H2,1H3,(H,23,27)/t16-/m0/s1. The zero-order chi connectivity index (χ0) is 20.2. The van der Waals surface area contributed by atoms with Crippen molar-refractivity contribution in [1.82, 2.24) is 15.2 Å². The number of carbonyl (C=O) groups excluding carboxylic acids is 2. The first kappa shape index (κ1) is 19.4. The molecule has 0 saturated carbocycles. The molecule has 2 amide bonds. The zero-order valence-electron chi connectivity index (χ0n) is 16.3. The Balaban J connectivity index is 1.36. The lowest BCUT2D eigenvalue weighted by atomic mass is 9.98. The summed E-state index contributed by atoms with van der Waals surface area (Å²) in [5, 5.41) is 3.81. The molecule has 1 aromatic heterocycles. The first-order chi connectivity index (χ1) is 14.1. The van der Waals surface area contributed by atoms with E-state index in [1.165, 1.54) is 4.70 Å². The highest BCUT2D eigenvalue weighted by Crippen LogP contribution is 2.32. The van der Waals surface area contributed by atoms with Gasteiger partial charge in [-0.2, -0.15) is 0 Å². The molecule has 1 N–H and O–H groups in total. The molecule has 2 aromatic carbocycles. The van der Waals surface area contributed by atoms with Gasteiger partial charge in [-0.25, -0.2) is 4.98 Å². The molecule has 3 aromatic rings. The number of piperidine rings is 1. The number of likely N-dealkylation sites (tertiary alicyclic amines) is 1. The van der Waals surface area contributed by atoms with Gasteiger partial charge < -0.3 is 15.0 Å². The van der Waals surface area contributed by atoms with Crippen LogP contribution < -0.4 is 10.1 Å². The number of amides is 2. The normalized spacial score (nSPS) is 16.6. The van der Waals surface area contributed by atoms with E-state index in [1.807, 2.05) is 23.1 Å². The van der Waals surface area contributed by atoms with Crippen LogP contribution in [0.2, 0.25) is 0 Å². The maximum Gasteiger partial charge on any atom is 0.251 e. The molecule has 6 nitrogen and oxygen atoms in total. The largest absolute Gasteiger partial charge is 0.497 e. The SMILES string of the molecule is COc1cccc(C(=O)NCC(=O)N2CCC[C@H](c3nc4ccccc4s3)C2)c1. The summed E-state index contributed by atoms with van der Waals surface area (Å²) in [5.74, 6) is 0.516. The van der Waals surface area contributed by atoms with E-state index in [4.69, 9.17) is 9.72 Å². The second-order valence-corrected chi connectivity index (χ2v) is 8.18. The quantitative estimate of drug-likeness (QED) is 0.701. The van der Waals surface area contributed by atoms with Crippen molar-refractivity contribution < 1.29 is 14.3 Å². The number of methoxy groups -OCH3 is 1. The number of benzene rings is 2. The van der Waals surface area contributed by atoms with Crippen LogP contribution in [-0.4, -0.2) is 48.4 Å². The number of nitrogens with zero attached hydrogens (tertiary/aromatic N) is 2. The molecule has 4 rings (SSSR count). The number of nitrogens with one attached hydrogen (secondary N) is 1. The van der Waals surface area contributed by atoms with E-state index in [2.05, 4.69) is 11.4 Å². The number of rotatable bonds is 5. The fourth-order valence-electron chi connectivity index (χ4n) is 3.60. The van der Waals surface area contributed by atoms with Crippen LogP contribution in [0.25, 0.3) is 10.2 Å². The van der Waals surface area contributed by atoms with Crippen molar-refractivity contribution in [2.24, 2.45) is 0 Å². The zero-order valence-corrected chi connectivity index (χ0v) is 17.1. The predicted octanol–water partition coefficient (Wildman–Crippen LogP) is 3.44. The minimum Gasteiger partial charge on any atom is -0.497 e. The van der Waals surface area contributed by atoms with Crippen molar-refractivity contribution in [3.05, 3.63) is 59.1 Å². The number of hydrogen-bond acceptors (Lipinski definition) is 5. The monoisotopic (exact) mass is 409 g/mol. The first-order valence-corrected chi connectivity index (χ1v) is 10.5. The molecule has 1 aliphatic rings. The molecule has 0 unspecified atom stereocenters. The van der Waals surface area contributed by atoms with Gasteiger partial charge in [-0.1, -0.05) is 18.2 Å². The van der Waals surface area contributed by atoms with E-state index in [1.54, 1.807) is 42.7 Å². The highest BCUT2D eigenvalue weighted by Gasteiger charge is 2.27. The fourth-order valence-corrected chi connectivity index (χ4v) is 4.70. The number of fused-ring (bicyclic) bond motifs is 1. The summed E-state index contributed by atoms with van der Waals surface area (Å²) in [7, 11) is 1.55. The molecule has 2 heterocycles. The number of thiazole rings is 1. The molecular weight excluding hydrogens is 386 g/mol. The van der Waals surface area contributed by atoms with Crippen LogP contribution in [0.5, 0.6) is 5.75 Å². The number of ether oxygens (including phenoxy) is 1. The third kappa shape index (κ3) is 4.40. The summed E-state index contributed by atoms with van der Waals surface area (Å²) in [5.41, 5.74) is 1.49. The molecule has 1 atom stereocenters. The molecule has 7 heteroatoms. The van der Waals surface area contributed by atoms with Gasteiger partial charge in [0.25, 0.3) is 5.91 Å². The maximum absolute atomic E-state index is 12.7. The van der Waals surface area contributed by atoms with E-state index in [9.17, 15) is 9.59 Å². The minimum absolute atomic E-state index is 0.0113. The van der Waals surface area contributed by atoms with Crippen LogP contribution in [-0.2, 0) is 4.79 Å². The number of hydrogen-bond donors (Lipinski definition) is 1. The summed E-state index contributed by atoms with van der Waals surface area (Å²) < 4.78 is 6.32. The molecule has 29 heavy (non-hydrogen) atoms. The first-order valence-electron chi connectivity index (χ1n) is 9.69. The predicted molar refractivity (Wildman–Crippen MR) is 114 cm³/mol. The van der Waals surface area contributed by atoms with Crippen LogP contribution in [0.15, 0.2) is 48.5 Å². The van der Waals surface area contributed by atoms with Gasteiger partial charge in [0.15, 0.2) is 0 Å². The van der Waals surface area contributed by atoms with Crippen molar-refractivity contribution in [2.45, 2.75) is 18.8 Å². The summed E-state index contributed by atoms with van der Waals surface area (Å²) in [6.07, 6.45) is 1.97. The third-order valence-electron chi connectivity index (χ3n) is 5.17. The van der Waals surface area contributed by atoms with Gasteiger partial charge in [-0.15, -0.1) is 11.3 Å². The Morgan fingerprint density at radius 3 is 2.93 bits per heavy atom. The Labute approximate surface area is 173 Å². The van der Waals surface area contributed by atoms with Crippen molar-refractivity contribution in [3.63, 3.8) is 0 Å². The van der Waals surface area contributed by atoms with Gasteiger partial charge in [0, 0.05) is 24.6 Å². The lowest BCUT2D eigenvalue weighted by Crippen LogP contribution is -2.44. The van der Waals surface area contributed by atoms with Crippen LogP contribution in [0, 0.1) is 0 Å². The highest BCUT2D eigenvalue weighted by molar-refractivity contribution is 7.18. The Kier molecular flexibility index (Phi) is 5.76. The molecule has 1 aliphatic heterocycles. The number of carbonyl (C=O) groups is 2. The van der Waals surface area contributed by atoms with E-state index in [0.717, 1.165) is 29.9 Å². The molecule has 1 saturated heterocycles. The van der Waals surface area contributed by atoms with Gasteiger partial charge in [0.05, 0.1) is 28.9 Å². The van der Waals surface area contributed by atoms with Gasteiger partial charge in [0.2, 0.25) is 5.91 Å². The molecule has 0 bridgehead atoms. The molecule has 1 fully saturated rings. The number of para-hydroxylation sites is 1. The van der Waals surface area contributed by atoms with E-state index >= 15 is 0 Å². The third-order valence-corrected chi connectivity index (χ3v) is 6.36. The summed E-state index contributed by atoms with van der Waals surface area (Å²) in [4.78, 5) is 31.6. The molecule has 150 valence electrons. The van der Waals surface area contributed by atoms with Crippen molar-refractivity contribution in [3.8, 4) is 5.75 Å². The second-order valence-electron chi connectivity index (χ2n) is 7.11. The van der Waals surface area contributed by atoms with Gasteiger partial charge >= 0.3 is 0 Å². The van der Waals surface area contributed by atoms with Gasteiger partial charge in [0.1, 0.15) is 5.75 Å². The molecule has 0 spiro atoms. The average molecular weight is 410 g/mol.